The number of thiazole rings is 1. The smallest absolute Gasteiger partial charge is 0.232 e. The first-order chi connectivity index (χ1) is 9.10. The van der Waals surface area contributed by atoms with E-state index < -0.39 is 0 Å². The number of fused-ring (bicyclic) bond motifs is 1. The molecule has 19 heavy (non-hydrogen) atoms. The van der Waals surface area contributed by atoms with Crippen molar-refractivity contribution in [1.29, 1.82) is 0 Å². The van der Waals surface area contributed by atoms with E-state index in [-0.39, 0.29) is 0 Å². The molecular weight excluding hydrogens is 350 g/mol. The average molecular weight is 357 g/mol. The molecule has 0 saturated carbocycles. The third-order valence-corrected chi connectivity index (χ3v) is 3.86. The number of hydrogen-bond acceptors (Lipinski definition) is 6. The summed E-state index contributed by atoms with van der Waals surface area (Å²) >= 11 is 10.7. The van der Waals surface area contributed by atoms with Crippen LogP contribution in [0.4, 0.5) is 16.9 Å². The van der Waals surface area contributed by atoms with E-state index in [1.54, 1.807) is 12.1 Å². The monoisotopic (exact) mass is 355 g/mol. The van der Waals surface area contributed by atoms with Gasteiger partial charge in [-0.2, -0.15) is 4.98 Å². The summed E-state index contributed by atoms with van der Waals surface area (Å²) < 4.78 is 1.62. The van der Waals surface area contributed by atoms with Gasteiger partial charge in [-0.25, -0.2) is 9.97 Å². The van der Waals surface area contributed by atoms with Crippen molar-refractivity contribution in [2.45, 2.75) is 0 Å². The molecule has 5 nitrogen and oxygen atoms in total. The maximum Gasteiger partial charge on any atom is 0.232 e. The Morgan fingerprint density at radius 2 is 2.05 bits per heavy atom. The molecule has 8 heteroatoms. The van der Waals surface area contributed by atoms with Crippen molar-refractivity contribution >= 4 is 66.0 Å². The number of benzene rings is 1. The molecule has 1 aromatic carbocycles. The number of nitrogen functional groups attached to an aromatic ring is 1. The third kappa shape index (κ3) is 2.78. The molecule has 0 saturated heterocycles. The number of anilines is 3. The van der Waals surface area contributed by atoms with Gasteiger partial charge >= 0.3 is 0 Å². The van der Waals surface area contributed by atoms with Crippen LogP contribution in [0.1, 0.15) is 0 Å². The fraction of sp³-hybridized carbons (Fsp3) is 0. The molecule has 3 rings (SSSR count). The van der Waals surface area contributed by atoms with Gasteiger partial charge in [0.1, 0.15) is 10.4 Å². The van der Waals surface area contributed by atoms with Crippen LogP contribution in [0.2, 0.25) is 5.02 Å². The Balaban J connectivity index is 1.96. The molecule has 0 radical (unpaired) electrons. The van der Waals surface area contributed by atoms with Crippen LogP contribution in [0.3, 0.4) is 0 Å². The van der Waals surface area contributed by atoms with Crippen molar-refractivity contribution in [1.82, 2.24) is 15.0 Å². The van der Waals surface area contributed by atoms with E-state index in [1.165, 1.54) is 11.3 Å². The molecule has 0 atom stereocenters. The van der Waals surface area contributed by atoms with Crippen molar-refractivity contribution in [3.8, 4) is 0 Å². The molecule has 96 valence electrons. The van der Waals surface area contributed by atoms with Gasteiger partial charge in [-0.05, 0) is 34.1 Å². The molecule has 3 aromatic rings. The van der Waals surface area contributed by atoms with Gasteiger partial charge < -0.3 is 5.73 Å². The van der Waals surface area contributed by atoms with Gasteiger partial charge in [0.15, 0.2) is 5.13 Å². The van der Waals surface area contributed by atoms with Gasteiger partial charge in [-0.1, -0.05) is 22.9 Å². The standard InChI is InChI=1S/C11H7BrClN5S/c12-8-4-9(14)17-10(16-8)18-11-15-6-2-1-5(13)3-7(6)19-11/h1-4H,(H3,14,15,16,17,18). The summed E-state index contributed by atoms with van der Waals surface area (Å²) in [5, 5.41) is 4.40. The van der Waals surface area contributed by atoms with Crippen LogP contribution < -0.4 is 11.1 Å². The number of nitrogens with one attached hydrogen (secondary N) is 1. The van der Waals surface area contributed by atoms with Gasteiger partial charge in [0.05, 0.1) is 10.2 Å². The van der Waals surface area contributed by atoms with Gasteiger partial charge in [0.25, 0.3) is 0 Å². The zero-order chi connectivity index (χ0) is 13.4. The highest BCUT2D eigenvalue weighted by Crippen LogP contribution is 2.29. The molecule has 0 aliphatic heterocycles. The second-order valence-corrected chi connectivity index (χ2v) is 5.97. The van der Waals surface area contributed by atoms with Crippen molar-refractivity contribution in [3.63, 3.8) is 0 Å². The van der Waals surface area contributed by atoms with E-state index in [9.17, 15) is 0 Å². The highest BCUT2D eigenvalue weighted by atomic mass is 79.9. The van der Waals surface area contributed by atoms with Gasteiger partial charge in [0.2, 0.25) is 5.95 Å². The van der Waals surface area contributed by atoms with Crippen molar-refractivity contribution in [2.75, 3.05) is 11.1 Å². The molecule has 0 amide bonds. The molecule has 0 fully saturated rings. The zero-order valence-corrected chi connectivity index (χ0v) is 12.6. The van der Waals surface area contributed by atoms with Crippen LogP contribution >= 0.6 is 38.9 Å². The van der Waals surface area contributed by atoms with E-state index in [1.807, 2.05) is 12.1 Å². The summed E-state index contributed by atoms with van der Waals surface area (Å²) in [7, 11) is 0. The van der Waals surface area contributed by atoms with E-state index in [2.05, 4.69) is 36.2 Å². The lowest BCUT2D eigenvalue weighted by molar-refractivity contribution is 1.14. The van der Waals surface area contributed by atoms with Crippen LogP contribution in [0.15, 0.2) is 28.9 Å². The number of hydrogen-bond donors (Lipinski definition) is 2. The lowest BCUT2D eigenvalue weighted by atomic mass is 10.3. The number of nitrogens with zero attached hydrogens (tertiary/aromatic N) is 3. The van der Waals surface area contributed by atoms with Crippen molar-refractivity contribution in [2.24, 2.45) is 0 Å². The Hall–Kier alpha value is -1.44. The highest BCUT2D eigenvalue weighted by Gasteiger charge is 2.07. The van der Waals surface area contributed by atoms with E-state index >= 15 is 0 Å². The fourth-order valence-electron chi connectivity index (χ4n) is 1.54. The van der Waals surface area contributed by atoms with Gasteiger partial charge in [-0.15, -0.1) is 0 Å². The van der Waals surface area contributed by atoms with E-state index in [0.29, 0.717) is 26.5 Å². The lowest BCUT2D eigenvalue weighted by Gasteiger charge is -2.01. The number of rotatable bonds is 2. The van der Waals surface area contributed by atoms with E-state index in [4.69, 9.17) is 17.3 Å². The fourth-order valence-corrected chi connectivity index (χ4v) is 3.08. The largest absolute Gasteiger partial charge is 0.383 e. The number of nitrogens with two attached hydrogens (primary N) is 1. The van der Waals surface area contributed by atoms with E-state index in [0.717, 1.165) is 10.2 Å². The molecule has 0 spiro atoms. The first-order valence-electron chi connectivity index (χ1n) is 5.23. The van der Waals surface area contributed by atoms with Gasteiger partial charge in [0, 0.05) is 11.1 Å². The number of aromatic nitrogens is 3. The summed E-state index contributed by atoms with van der Waals surface area (Å²) in [6, 6.07) is 7.18. The minimum Gasteiger partial charge on any atom is -0.383 e. The summed E-state index contributed by atoms with van der Waals surface area (Å²) in [6.07, 6.45) is 0. The second-order valence-electron chi connectivity index (χ2n) is 3.70. The van der Waals surface area contributed by atoms with Crippen LogP contribution in [0, 0.1) is 0 Å². The minimum absolute atomic E-state index is 0.383. The first-order valence-corrected chi connectivity index (χ1v) is 7.22. The minimum atomic E-state index is 0.383. The predicted molar refractivity (Wildman–Crippen MR) is 82.1 cm³/mol. The second kappa shape index (κ2) is 4.92. The Bertz CT molecular complexity index is 740. The zero-order valence-electron chi connectivity index (χ0n) is 9.39. The molecule has 0 bridgehead atoms. The van der Waals surface area contributed by atoms with Crippen molar-refractivity contribution < 1.29 is 0 Å². The molecule has 2 aromatic heterocycles. The van der Waals surface area contributed by atoms with Gasteiger partial charge in [-0.3, -0.25) is 5.32 Å². The summed E-state index contributed by atoms with van der Waals surface area (Å²) in [6.45, 7) is 0. The summed E-state index contributed by atoms with van der Waals surface area (Å²) in [5.41, 5.74) is 6.53. The Labute approximate surface area is 126 Å². The molecule has 0 aliphatic carbocycles. The van der Waals surface area contributed by atoms with Crippen LogP contribution in [-0.4, -0.2) is 15.0 Å². The topological polar surface area (TPSA) is 76.7 Å². The average Bonchev–Trinajstić information content (AvgIpc) is 2.68. The SMILES string of the molecule is Nc1cc(Br)nc(Nc2nc3ccc(Cl)cc3s2)n1. The Morgan fingerprint density at radius 3 is 2.84 bits per heavy atom. The predicted octanol–water partition coefficient (Wildman–Crippen LogP) is 3.83. The molecule has 0 aliphatic rings. The molecule has 2 heterocycles. The summed E-state index contributed by atoms with van der Waals surface area (Å²) in [5.74, 6) is 0.783. The van der Waals surface area contributed by atoms with Crippen LogP contribution in [0.5, 0.6) is 0 Å². The van der Waals surface area contributed by atoms with Crippen LogP contribution in [-0.2, 0) is 0 Å². The Morgan fingerprint density at radius 1 is 1.21 bits per heavy atom. The number of halogens is 2. The molecule has 0 unspecified atom stereocenters. The molecule has 3 N–H and O–H groups in total. The Kier molecular flexibility index (Phi) is 3.26. The highest BCUT2D eigenvalue weighted by molar-refractivity contribution is 9.10. The lowest BCUT2D eigenvalue weighted by Crippen LogP contribution is -2.00. The maximum absolute atomic E-state index is 5.94. The first kappa shape index (κ1) is 12.6. The summed E-state index contributed by atoms with van der Waals surface area (Å²) in [4.78, 5) is 12.7. The quantitative estimate of drug-likeness (QED) is 0.682. The normalized spacial score (nSPS) is 10.8. The third-order valence-electron chi connectivity index (χ3n) is 2.28. The van der Waals surface area contributed by atoms with Crippen LogP contribution in [0.25, 0.3) is 10.2 Å². The molecular formula is C11H7BrClN5S. The van der Waals surface area contributed by atoms with Crippen molar-refractivity contribution in [3.05, 3.63) is 33.9 Å². The maximum atomic E-state index is 5.94.